The van der Waals surface area contributed by atoms with Crippen molar-refractivity contribution in [2.45, 2.75) is 26.4 Å². The molecule has 0 saturated heterocycles. The molecule has 1 aromatic carbocycles. The summed E-state index contributed by atoms with van der Waals surface area (Å²) >= 11 is 1.26. The lowest BCUT2D eigenvalue weighted by atomic mass is 10.2. The molecule has 0 bridgehead atoms. The molecule has 1 aromatic heterocycles. The van der Waals surface area contributed by atoms with Crippen molar-refractivity contribution in [1.29, 1.82) is 0 Å². The van der Waals surface area contributed by atoms with Crippen molar-refractivity contribution in [2.24, 2.45) is 0 Å². The molecule has 1 heterocycles. The van der Waals surface area contributed by atoms with Gasteiger partial charge in [-0.05, 0) is 30.2 Å². The van der Waals surface area contributed by atoms with E-state index in [0.29, 0.717) is 5.75 Å². The molecule has 5 heteroatoms. The number of rotatable bonds is 6. The number of phenolic OH excluding ortho intramolecular Hbond substituents is 1. The van der Waals surface area contributed by atoms with Gasteiger partial charge < -0.3 is 14.9 Å². The van der Waals surface area contributed by atoms with Gasteiger partial charge in [0.25, 0.3) is 0 Å². The van der Waals surface area contributed by atoms with Crippen molar-refractivity contribution < 1.29 is 19.7 Å². The van der Waals surface area contributed by atoms with Gasteiger partial charge in [0.15, 0.2) is 4.88 Å². The van der Waals surface area contributed by atoms with E-state index in [2.05, 4.69) is 0 Å². The van der Waals surface area contributed by atoms with E-state index >= 15 is 0 Å². The van der Waals surface area contributed by atoms with E-state index in [4.69, 9.17) is 4.74 Å². The monoisotopic (exact) mass is 292 g/mol. The second kappa shape index (κ2) is 6.43. The average Bonchev–Trinajstić information content (AvgIpc) is 2.80. The Balaban J connectivity index is 2.13. The molecule has 0 unspecified atom stereocenters. The summed E-state index contributed by atoms with van der Waals surface area (Å²) in [7, 11) is 0. The minimum Gasteiger partial charge on any atom is -0.508 e. The third-order valence-electron chi connectivity index (χ3n) is 2.74. The molecule has 2 aromatic rings. The number of phenols is 1. The second-order valence-corrected chi connectivity index (χ2v) is 5.56. The lowest BCUT2D eigenvalue weighted by Gasteiger charge is -2.05. The van der Waals surface area contributed by atoms with Gasteiger partial charge in [-0.2, -0.15) is 0 Å². The second-order valence-electron chi connectivity index (χ2n) is 4.42. The van der Waals surface area contributed by atoms with E-state index in [1.54, 1.807) is 24.3 Å². The third-order valence-corrected chi connectivity index (χ3v) is 3.91. The summed E-state index contributed by atoms with van der Waals surface area (Å²) in [6.07, 6.45) is 1.81. The lowest BCUT2D eigenvalue weighted by Crippen LogP contribution is -1.99. The maximum absolute atomic E-state index is 11.2. The summed E-state index contributed by atoms with van der Waals surface area (Å²) in [5, 5.41) is 18.6. The van der Waals surface area contributed by atoms with E-state index in [9.17, 15) is 15.0 Å². The van der Waals surface area contributed by atoms with Crippen molar-refractivity contribution in [2.75, 3.05) is 0 Å². The Kier molecular flexibility index (Phi) is 4.63. The molecular weight excluding hydrogens is 276 g/mol. The molecule has 0 spiro atoms. The van der Waals surface area contributed by atoms with Crippen molar-refractivity contribution in [3.63, 3.8) is 0 Å². The molecule has 0 aliphatic rings. The molecule has 106 valence electrons. The zero-order valence-corrected chi connectivity index (χ0v) is 11.9. The predicted octanol–water partition coefficient (Wildman–Crippen LogP) is 3.68. The minimum absolute atomic E-state index is 0.168. The Labute approximate surface area is 121 Å². The van der Waals surface area contributed by atoms with Crippen molar-refractivity contribution in [3.05, 3.63) is 45.6 Å². The first kappa shape index (κ1) is 14.4. The van der Waals surface area contributed by atoms with Gasteiger partial charge in [-0.3, -0.25) is 0 Å². The van der Waals surface area contributed by atoms with Crippen LogP contribution in [0.1, 0.15) is 33.5 Å². The van der Waals surface area contributed by atoms with E-state index in [1.165, 1.54) is 11.3 Å². The van der Waals surface area contributed by atoms with Gasteiger partial charge in [-0.25, -0.2) is 4.79 Å². The Morgan fingerprint density at radius 3 is 2.80 bits per heavy atom. The molecule has 0 atom stereocenters. The highest BCUT2D eigenvalue weighted by molar-refractivity contribution is 7.14. The Morgan fingerprint density at radius 1 is 1.35 bits per heavy atom. The largest absolute Gasteiger partial charge is 0.508 e. The summed E-state index contributed by atoms with van der Waals surface area (Å²) in [6, 6.07) is 8.51. The Bertz CT molecular complexity index is 604. The number of hydrogen-bond acceptors (Lipinski definition) is 4. The zero-order valence-electron chi connectivity index (χ0n) is 11.1. The maximum Gasteiger partial charge on any atom is 0.349 e. The van der Waals surface area contributed by atoms with E-state index < -0.39 is 5.97 Å². The summed E-state index contributed by atoms with van der Waals surface area (Å²) in [4.78, 5) is 12.4. The summed E-state index contributed by atoms with van der Waals surface area (Å²) < 4.78 is 5.58. The van der Waals surface area contributed by atoms with Gasteiger partial charge in [0.05, 0.1) is 0 Å². The van der Waals surface area contributed by atoms with Crippen LogP contribution in [0.3, 0.4) is 0 Å². The summed E-state index contributed by atoms with van der Waals surface area (Å²) in [6.45, 7) is 2.28. The number of carbonyl (C=O) groups is 1. The fraction of sp³-hybridized carbons (Fsp3) is 0.267. The first-order chi connectivity index (χ1) is 9.60. The standard InChI is InChI=1S/C15H16O4S/c1-2-4-12-8-13(14(20-12)15(17)18)19-9-10-5-3-6-11(16)7-10/h3,5-8,16H,2,4,9H2,1H3,(H,17,18). The Morgan fingerprint density at radius 2 is 2.15 bits per heavy atom. The first-order valence-electron chi connectivity index (χ1n) is 6.37. The van der Waals surface area contributed by atoms with E-state index in [-0.39, 0.29) is 17.2 Å². The van der Waals surface area contributed by atoms with E-state index in [0.717, 1.165) is 23.3 Å². The van der Waals surface area contributed by atoms with Crippen LogP contribution in [0.4, 0.5) is 0 Å². The molecule has 0 aliphatic heterocycles. The van der Waals surface area contributed by atoms with Crippen LogP contribution < -0.4 is 4.74 Å². The minimum atomic E-state index is -0.969. The van der Waals surface area contributed by atoms with Crippen molar-refractivity contribution in [3.8, 4) is 11.5 Å². The smallest absolute Gasteiger partial charge is 0.349 e. The number of thiophene rings is 1. The highest BCUT2D eigenvalue weighted by Crippen LogP contribution is 2.31. The number of aryl methyl sites for hydroxylation is 1. The van der Waals surface area contributed by atoms with Crippen LogP contribution >= 0.6 is 11.3 Å². The van der Waals surface area contributed by atoms with Crippen LogP contribution in [0.25, 0.3) is 0 Å². The van der Waals surface area contributed by atoms with Gasteiger partial charge in [0.2, 0.25) is 0 Å². The first-order valence-corrected chi connectivity index (χ1v) is 7.18. The molecule has 0 amide bonds. The molecular formula is C15H16O4S. The zero-order chi connectivity index (χ0) is 14.5. The number of aromatic carboxylic acids is 1. The molecule has 0 radical (unpaired) electrons. The lowest BCUT2D eigenvalue weighted by molar-refractivity contribution is 0.0697. The quantitative estimate of drug-likeness (QED) is 0.852. The number of ether oxygens (including phenoxy) is 1. The van der Waals surface area contributed by atoms with Crippen molar-refractivity contribution >= 4 is 17.3 Å². The molecule has 4 nitrogen and oxygen atoms in total. The van der Waals surface area contributed by atoms with Gasteiger partial charge in [0, 0.05) is 4.88 Å². The van der Waals surface area contributed by atoms with Crippen LogP contribution in [0, 0.1) is 0 Å². The number of benzene rings is 1. The van der Waals surface area contributed by atoms with E-state index in [1.807, 2.05) is 13.0 Å². The topological polar surface area (TPSA) is 66.8 Å². The molecule has 0 aliphatic carbocycles. The maximum atomic E-state index is 11.2. The number of hydrogen-bond donors (Lipinski definition) is 2. The predicted molar refractivity (Wildman–Crippen MR) is 77.7 cm³/mol. The van der Waals surface area contributed by atoms with Crippen LogP contribution in [0.15, 0.2) is 30.3 Å². The van der Waals surface area contributed by atoms with Crippen LogP contribution in [0.5, 0.6) is 11.5 Å². The molecule has 2 rings (SSSR count). The third kappa shape index (κ3) is 3.51. The highest BCUT2D eigenvalue weighted by Gasteiger charge is 2.16. The van der Waals surface area contributed by atoms with Gasteiger partial charge in [-0.1, -0.05) is 25.5 Å². The number of carboxylic acids is 1. The SMILES string of the molecule is CCCc1cc(OCc2cccc(O)c2)c(C(=O)O)s1. The van der Waals surface area contributed by atoms with Gasteiger partial charge in [-0.15, -0.1) is 11.3 Å². The van der Waals surface area contributed by atoms with Crippen LogP contribution in [-0.2, 0) is 13.0 Å². The number of aromatic hydroxyl groups is 1. The molecule has 2 N–H and O–H groups in total. The normalized spacial score (nSPS) is 10.4. The summed E-state index contributed by atoms with van der Waals surface area (Å²) in [5.41, 5.74) is 0.796. The fourth-order valence-electron chi connectivity index (χ4n) is 1.86. The highest BCUT2D eigenvalue weighted by atomic mass is 32.1. The molecule has 0 fully saturated rings. The average molecular weight is 292 g/mol. The van der Waals surface area contributed by atoms with Crippen LogP contribution in [-0.4, -0.2) is 16.2 Å². The molecule has 0 saturated carbocycles. The molecule has 20 heavy (non-hydrogen) atoms. The summed E-state index contributed by atoms with van der Waals surface area (Å²) in [5.74, 6) is -0.404. The van der Waals surface area contributed by atoms with Gasteiger partial charge in [0.1, 0.15) is 18.1 Å². The fourth-order valence-corrected chi connectivity index (χ4v) is 2.90. The number of carboxylic acid groups (broad SMARTS) is 1. The van der Waals surface area contributed by atoms with Crippen LogP contribution in [0.2, 0.25) is 0 Å². The Hall–Kier alpha value is -2.01. The van der Waals surface area contributed by atoms with Gasteiger partial charge >= 0.3 is 5.97 Å². The van der Waals surface area contributed by atoms with Crippen molar-refractivity contribution in [1.82, 2.24) is 0 Å².